The zero-order valence-corrected chi connectivity index (χ0v) is 16.2. The zero-order valence-electron chi connectivity index (χ0n) is 16.2. The molecule has 0 heterocycles. The fraction of sp³-hybridized carbons (Fsp3) is 0.435. The first kappa shape index (κ1) is 19.4. The number of para-hydroxylation sites is 1. The number of carbonyl (C=O) groups is 1. The standard InChI is InChI=1S/C23H31N3O/c1-18(19-9-3-2-4-10-19)26-23(15-7-8-16-23)17-25-22(27)14-13-20-11-5-6-12-21(20)24/h2-6,9-12,18,26H,7-8,13-17,24H2,1H3,(H,25,27). The molecule has 0 radical (unpaired) electrons. The predicted molar refractivity (Wildman–Crippen MR) is 111 cm³/mol. The number of carbonyl (C=O) groups excluding carboxylic acids is 1. The monoisotopic (exact) mass is 365 g/mol. The Balaban J connectivity index is 1.53. The van der Waals surface area contributed by atoms with Gasteiger partial charge in [-0.3, -0.25) is 4.79 Å². The van der Waals surface area contributed by atoms with Crippen LogP contribution in [-0.2, 0) is 11.2 Å². The van der Waals surface area contributed by atoms with Crippen LogP contribution in [0.2, 0.25) is 0 Å². The lowest BCUT2D eigenvalue weighted by atomic mass is 9.94. The molecule has 0 bridgehead atoms. The summed E-state index contributed by atoms with van der Waals surface area (Å²) < 4.78 is 0. The third kappa shape index (κ3) is 5.33. The van der Waals surface area contributed by atoms with Gasteiger partial charge in [0, 0.05) is 30.2 Å². The molecular formula is C23H31N3O. The van der Waals surface area contributed by atoms with E-state index >= 15 is 0 Å². The summed E-state index contributed by atoms with van der Waals surface area (Å²) in [5.41, 5.74) is 9.05. The van der Waals surface area contributed by atoms with Crippen molar-refractivity contribution < 1.29 is 4.79 Å². The minimum atomic E-state index is -0.00328. The van der Waals surface area contributed by atoms with Gasteiger partial charge in [-0.2, -0.15) is 0 Å². The van der Waals surface area contributed by atoms with Crippen molar-refractivity contribution in [2.45, 2.75) is 57.0 Å². The van der Waals surface area contributed by atoms with Gasteiger partial charge in [-0.25, -0.2) is 0 Å². The lowest BCUT2D eigenvalue weighted by Crippen LogP contribution is -2.52. The molecule has 27 heavy (non-hydrogen) atoms. The van der Waals surface area contributed by atoms with E-state index in [1.807, 2.05) is 30.3 Å². The van der Waals surface area contributed by atoms with E-state index in [1.165, 1.54) is 18.4 Å². The number of hydrogen-bond acceptors (Lipinski definition) is 3. The van der Waals surface area contributed by atoms with Gasteiger partial charge in [0.1, 0.15) is 0 Å². The minimum Gasteiger partial charge on any atom is -0.399 e. The molecule has 1 unspecified atom stereocenters. The molecule has 1 aliphatic rings. The van der Waals surface area contributed by atoms with Crippen molar-refractivity contribution in [2.75, 3.05) is 12.3 Å². The summed E-state index contributed by atoms with van der Waals surface area (Å²) in [6, 6.07) is 18.5. The van der Waals surface area contributed by atoms with E-state index < -0.39 is 0 Å². The summed E-state index contributed by atoms with van der Waals surface area (Å²) in [4.78, 5) is 12.4. The SMILES string of the molecule is CC(NC1(CNC(=O)CCc2ccccc2N)CCCC1)c1ccccc1. The molecule has 4 N–H and O–H groups in total. The maximum Gasteiger partial charge on any atom is 0.220 e. The molecule has 2 aromatic rings. The van der Waals surface area contributed by atoms with Gasteiger partial charge in [0.2, 0.25) is 5.91 Å². The summed E-state index contributed by atoms with van der Waals surface area (Å²) in [5.74, 6) is 0.0960. The van der Waals surface area contributed by atoms with Gasteiger partial charge < -0.3 is 16.4 Å². The van der Waals surface area contributed by atoms with E-state index in [1.54, 1.807) is 0 Å². The Hall–Kier alpha value is -2.33. The van der Waals surface area contributed by atoms with Gasteiger partial charge in [0.15, 0.2) is 0 Å². The van der Waals surface area contributed by atoms with Crippen LogP contribution < -0.4 is 16.4 Å². The highest BCUT2D eigenvalue weighted by atomic mass is 16.1. The van der Waals surface area contributed by atoms with E-state index in [4.69, 9.17) is 5.73 Å². The highest BCUT2D eigenvalue weighted by Gasteiger charge is 2.35. The van der Waals surface area contributed by atoms with Gasteiger partial charge in [-0.1, -0.05) is 61.4 Å². The summed E-state index contributed by atoms with van der Waals surface area (Å²) in [6.07, 6.45) is 5.79. The number of nitrogen functional groups attached to an aromatic ring is 1. The number of benzene rings is 2. The summed E-state index contributed by atoms with van der Waals surface area (Å²) in [5, 5.41) is 6.98. The van der Waals surface area contributed by atoms with E-state index in [-0.39, 0.29) is 17.5 Å². The Labute approximate surface area is 162 Å². The van der Waals surface area contributed by atoms with Gasteiger partial charge in [0.05, 0.1) is 0 Å². The lowest BCUT2D eigenvalue weighted by Gasteiger charge is -2.34. The van der Waals surface area contributed by atoms with Crippen molar-refractivity contribution in [3.8, 4) is 0 Å². The second-order valence-corrected chi connectivity index (χ2v) is 7.74. The van der Waals surface area contributed by atoms with Crippen molar-refractivity contribution in [3.63, 3.8) is 0 Å². The van der Waals surface area contributed by atoms with Crippen LogP contribution in [-0.4, -0.2) is 18.0 Å². The predicted octanol–water partition coefficient (Wildman–Crippen LogP) is 3.98. The van der Waals surface area contributed by atoms with Crippen LogP contribution in [0.15, 0.2) is 54.6 Å². The quantitative estimate of drug-likeness (QED) is 0.620. The van der Waals surface area contributed by atoms with E-state index in [2.05, 4.69) is 41.8 Å². The Morgan fingerprint density at radius 2 is 1.74 bits per heavy atom. The average Bonchev–Trinajstić information content (AvgIpc) is 3.15. The molecule has 2 aromatic carbocycles. The topological polar surface area (TPSA) is 67.1 Å². The second kappa shape index (κ2) is 9.05. The van der Waals surface area contributed by atoms with E-state index in [9.17, 15) is 4.79 Å². The molecular weight excluding hydrogens is 334 g/mol. The van der Waals surface area contributed by atoms with Crippen molar-refractivity contribution >= 4 is 11.6 Å². The van der Waals surface area contributed by atoms with Gasteiger partial charge in [0.25, 0.3) is 0 Å². The molecule has 144 valence electrons. The number of nitrogens with one attached hydrogen (secondary N) is 2. The van der Waals surface area contributed by atoms with E-state index in [0.717, 1.165) is 24.1 Å². The van der Waals surface area contributed by atoms with E-state index in [0.29, 0.717) is 19.4 Å². The Morgan fingerprint density at radius 1 is 1.07 bits per heavy atom. The third-order valence-electron chi connectivity index (χ3n) is 5.68. The number of nitrogens with two attached hydrogens (primary N) is 1. The number of anilines is 1. The maximum absolute atomic E-state index is 12.4. The maximum atomic E-state index is 12.4. The lowest BCUT2D eigenvalue weighted by molar-refractivity contribution is -0.121. The normalized spacial score (nSPS) is 16.8. The Bertz CT molecular complexity index is 738. The van der Waals surface area contributed by atoms with Crippen molar-refractivity contribution in [1.82, 2.24) is 10.6 Å². The summed E-state index contributed by atoms with van der Waals surface area (Å²) in [7, 11) is 0. The van der Waals surface area contributed by atoms with Crippen LogP contribution in [0, 0.1) is 0 Å². The van der Waals surface area contributed by atoms with Crippen LogP contribution in [0.1, 0.15) is 56.2 Å². The molecule has 4 nitrogen and oxygen atoms in total. The molecule has 1 amide bonds. The molecule has 1 aliphatic carbocycles. The second-order valence-electron chi connectivity index (χ2n) is 7.74. The summed E-state index contributed by atoms with van der Waals surface area (Å²) in [6.45, 7) is 2.89. The summed E-state index contributed by atoms with van der Waals surface area (Å²) >= 11 is 0. The third-order valence-corrected chi connectivity index (χ3v) is 5.68. The number of rotatable bonds is 8. The van der Waals surface area contributed by atoms with Crippen LogP contribution in [0.3, 0.4) is 0 Å². The fourth-order valence-electron chi connectivity index (χ4n) is 4.07. The molecule has 0 saturated heterocycles. The first-order chi connectivity index (χ1) is 13.1. The van der Waals surface area contributed by atoms with Crippen molar-refractivity contribution in [2.24, 2.45) is 0 Å². The average molecular weight is 366 g/mol. The Morgan fingerprint density at radius 3 is 2.44 bits per heavy atom. The molecule has 1 fully saturated rings. The molecule has 3 rings (SSSR count). The van der Waals surface area contributed by atoms with Crippen LogP contribution in [0.4, 0.5) is 5.69 Å². The molecule has 0 aliphatic heterocycles. The number of hydrogen-bond donors (Lipinski definition) is 3. The molecule has 0 spiro atoms. The minimum absolute atomic E-state index is 0.00328. The smallest absolute Gasteiger partial charge is 0.220 e. The fourth-order valence-corrected chi connectivity index (χ4v) is 4.07. The Kier molecular flexibility index (Phi) is 6.51. The van der Waals surface area contributed by atoms with Gasteiger partial charge in [-0.05, 0) is 43.4 Å². The van der Waals surface area contributed by atoms with Gasteiger partial charge >= 0.3 is 0 Å². The number of amides is 1. The van der Waals surface area contributed by atoms with Crippen molar-refractivity contribution in [1.29, 1.82) is 0 Å². The van der Waals surface area contributed by atoms with Crippen LogP contribution in [0.25, 0.3) is 0 Å². The van der Waals surface area contributed by atoms with Crippen LogP contribution >= 0.6 is 0 Å². The molecule has 0 aromatic heterocycles. The molecule has 1 atom stereocenters. The zero-order chi connectivity index (χ0) is 19.1. The first-order valence-corrected chi connectivity index (χ1v) is 10.0. The van der Waals surface area contributed by atoms with Crippen molar-refractivity contribution in [3.05, 3.63) is 65.7 Å². The highest BCUT2D eigenvalue weighted by molar-refractivity contribution is 5.76. The van der Waals surface area contributed by atoms with Crippen LogP contribution in [0.5, 0.6) is 0 Å². The molecule has 4 heteroatoms. The first-order valence-electron chi connectivity index (χ1n) is 10.0. The molecule has 1 saturated carbocycles. The number of aryl methyl sites for hydroxylation is 1. The highest BCUT2D eigenvalue weighted by Crippen LogP contribution is 2.31. The van der Waals surface area contributed by atoms with Gasteiger partial charge in [-0.15, -0.1) is 0 Å². The largest absolute Gasteiger partial charge is 0.399 e.